The Morgan fingerprint density at radius 1 is 0.972 bits per heavy atom. The summed E-state index contributed by atoms with van der Waals surface area (Å²) in [7, 11) is 0. The summed E-state index contributed by atoms with van der Waals surface area (Å²) >= 11 is 0. The number of aliphatic hydroxyl groups excluding tert-OH is 1. The molecule has 4 nitrogen and oxygen atoms in total. The Bertz CT molecular complexity index is 1380. The number of benzene rings is 2. The molecule has 0 atom stereocenters. The second kappa shape index (κ2) is 11.8. The number of aromatic nitrogens is 1. The van der Waals surface area contributed by atoms with Crippen molar-refractivity contribution in [2.75, 3.05) is 0 Å². The molecule has 2 aromatic heterocycles. The first kappa shape index (κ1) is 29.2. The third-order valence-electron chi connectivity index (χ3n) is 5.47. The average molecular weight is 661 g/mol. The van der Waals surface area contributed by atoms with Gasteiger partial charge in [0.15, 0.2) is 11.4 Å². The van der Waals surface area contributed by atoms with Gasteiger partial charge in [0.2, 0.25) is 0 Å². The SMILES string of the molecule is CC(=O)/C=C(/C)O.Cc1[c-]c(-c2cc3cc(-c4cc(C)cc(C)c4)oc3cn2)cc(C(C)(C)C)c1.[Ir]. The Hall–Kier alpha value is -3.01. The molecule has 0 saturated heterocycles. The van der Waals surface area contributed by atoms with Gasteiger partial charge in [-0.25, -0.2) is 0 Å². The zero-order valence-electron chi connectivity index (χ0n) is 22.2. The fourth-order valence-electron chi connectivity index (χ4n) is 3.93. The first-order valence-corrected chi connectivity index (χ1v) is 11.7. The van der Waals surface area contributed by atoms with Gasteiger partial charge in [0.25, 0.3) is 0 Å². The van der Waals surface area contributed by atoms with Gasteiger partial charge in [-0.15, -0.1) is 34.9 Å². The van der Waals surface area contributed by atoms with Crippen LogP contribution in [0, 0.1) is 26.8 Å². The summed E-state index contributed by atoms with van der Waals surface area (Å²) in [5.41, 5.74) is 8.85. The van der Waals surface area contributed by atoms with E-state index in [0.29, 0.717) is 0 Å². The molecule has 0 amide bonds. The molecule has 0 bridgehead atoms. The van der Waals surface area contributed by atoms with E-state index in [1.807, 2.05) is 6.20 Å². The molecular formula is C31H34IrNO3-. The van der Waals surface area contributed by atoms with Crippen LogP contribution < -0.4 is 0 Å². The molecule has 0 aliphatic carbocycles. The summed E-state index contributed by atoms with van der Waals surface area (Å²) in [6.07, 6.45) is 2.99. The number of allylic oxidation sites excluding steroid dienone is 2. The van der Waals surface area contributed by atoms with E-state index >= 15 is 0 Å². The first-order chi connectivity index (χ1) is 16.3. The maximum Gasteiger partial charge on any atom is 0.155 e. The van der Waals surface area contributed by atoms with Gasteiger partial charge in [-0.05, 0) is 57.0 Å². The van der Waals surface area contributed by atoms with Crippen LogP contribution in [0.2, 0.25) is 0 Å². The van der Waals surface area contributed by atoms with Crippen molar-refractivity contribution in [2.45, 2.75) is 60.8 Å². The number of carbonyl (C=O) groups is 1. The third-order valence-corrected chi connectivity index (χ3v) is 5.47. The molecule has 5 heteroatoms. The molecule has 0 fully saturated rings. The van der Waals surface area contributed by atoms with Crippen LogP contribution >= 0.6 is 0 Å². The first-order valence-electron chi connectivity index (χ1n) is 11.7. The molecule has 0 aliphatic rings. The summed E-state index contributed by atoms with van der Waals surface area (Å²) in [6.45, 7) is 15.9. The maximum absolute atomic E-state index is 10.0. The van der Waals surface area contributed by atoms with Crippen LogP contribution in [0.25, 0.3) is 33.6 Å². The fraction of sp³-hybridized carbons (Fsp3) is 0.290. The van der Waals surface area contributed by atoms with Crippen molar-refractivity contribution in [1.82, 2.24) is 4.98 Å². The predicted molar refractivity (Wildman–Crippen MR) is 144 cm³/mol. The van der Waals surface area contributed by atoms with Crippen molar-refractivity contribution in [2.24, 2.45) is 0 Å². The van der Waals surface area contributed by atoms with Crippen molar-refractivity contribution in [3.05, 3.63) is 88.8 Å². The Morgan fingerprint density at radius 3 is 2.14 bits per heavy atom. The Morgan fingerprint density at radius 2 is 1.61 bits per heavy atom. The topological polar surface area (TPSA) is 63.3 Å². The Kier molecular flexibility index (Phi) is 9.59. The van der Waals surface area contributed by atoms with E-state index in [0.717, 1.165) is 39.1 Å². The van der Waals surface area contributed by atoms with Gasteiger partial charge >= 0.3 is 0 Å². The van der Waals surface area contributed by atoms with Crippen LogP contribution in [0.3, 0.4) is 0 Å². The molecule has 0 saturated carbocycles. The molecule has 4 aromatic rings. The van der Waals surface area contributed by atoms with Crippen LogP contribution in [0.4, 0.5) is 0 Å². The third kappa shape index (κ3) is 7.74. The Labute approximate surface area is 227 Å². The minimum absolute atomic E-state index is 0. The monoisotopic (exact) mass is 661 g/mol. The van der Waals surface area contributed by atoms with Gasteiger partial charge < -0.3 is 14.5 Å². The number of hydrogen-bond donors (Lipinski definition) is 1. The molecule has 0 spiro atoms. The van der Waals surface area contributed by atoms with Crippen molar-refractivity contribution >= 4 is 16.8 Å². The second-order valence-corrected chi connectivity index (χ2v) is 10.2. The van der Waals surface area contributed by atoms with Crippen LogP contribution in [0.15, 0.2) is 64.9 Å². The summed E-state index contributed by atoms with van der Waals surface area (Å²) < 4.78 is 6.08. The molecule has 0 unspecified atom stereocenters. The number of rotatable bonds is 3. The van der Waals surface area contributed by atoms with Crippen LogP contribution in [0.1, 0.15) is 56.9 Å². The number of aryl methyl sites for hydroxylation is 3. The molecule has 1 radical (unpaired) electrons. The Balaban J connectivity index is 0.000000503. The number of hydrogen-bond acceptors (Lipinski definition) is 4. The molecule has 2 heterocycles. The van der Waals surface area contributed by atoms with Crippen molar-refractivity contribution in [3.63, 3.8) is 0 Å². The standard InChI is InChI=1S/C26H26NO.C5H8O2.Ir/c1-16-7-17(2)10-20(9-16)24-14-21-13-23(27-15-25(21)28-24)19-8-18(3)11-22(12-19)26(4,5)6;1-4(6)3-5(2)7;/h7,9-15H,1-6H3;3,6H,1-2H3;/q-1;;/b;4-3-;. The van der Waals surface area contributed by atoms with Crippen molar-refractivity contribution in [1.29, 1.82) is 0 Å². The van der Waals surface area contributed by atoms with Gasteiger partial charge in [-0.3, -0.25) is 4.79 Å². The quantitative estimate of drug-likeness (QED) is 0.137. The van der Waals surface area contributed by atoms with Crippen molar-refractivity contribution < 1.29 is 34.4 Å². The molecule has 2 aromatic carbocycles. The van der Waals surface area contributed by atoms with E-state index in [9.17, 15) is 4.79 Å². The zero-order valence-corrected chi connectivity index (χ0v) is 24.6. The normalized spacial score (nSPS) is 11.5. The smallest absolute Gasteiger partial charge is 0.155 e. The number of carbonyl (C=O) groups excluding carboxylic acids is 1. The average Bonchev–Trinajstić information content (AvgIpc) is 3.15. The number of furan rings is 1. The number of pyridine rings is 1. The van der Waals surface area contributed by atoms with Gasteiger partial charge in [-0.2, -0.15) is 0 Å². The molecule has 191 valence electrons. The molecule has 1 N–H and O–H groups in total. The largest absolute Gasteiger partial charge is 0.512 e. The van der Waals surface area contributed by atoms with E-state index < -0.39 is 0 Å². The van der Waals surface area contributed by atoms with Gasteiger partial charge in [0.05, 0.1) is 12.0 Å². The van der Waals surface area contributed by atoms with Gasteiger partial charge in [0.1, 0.15) is 5.76 Å². The van der Waals surface area contributed by atoms with Crippen LogP contribution in [-0.4, -0.2) is 15.9 Å². The summed E-state index contributed by atoms with van der Waals surface area (Å²) in [5, 5.41) is 9.42. The van der Waals surface area contributed by atoms with Crippen LogP contribution in [0.5, 0.6) is 0 Å². The summed E-state index contributed by atoms with van der Waals surface area (Å²) in [5.74, 6) is 0.817. The number of aliphatic hydroxyl groups is 1. The molecule has 4 rings (SSSR count). The van der Waals surface area contributed by atoms with E-state index in [1.54, 1.807) is 0 Å². The van der Waals surface area contributed by atoms with E-state index in [1.165, 1.54) is 36.6 Å². The molecule has 0 aliphatic heterocycles. The van der Waals surface area contributed by atoms with Crippen molar-refractivity contribution in [3.8, 4) is 22.6 Å². The summed E-state index contributed by atoms with van der Waals surface area (Å²) in [4.78, 5) is 14.7. The minimum Gasteiger partial charge on any atom is -0.512 e. The molecule has 36 heavy (non-hydrogen) atoms. The van der Waals surface area contributed by atoms with Gasteiger partial charge in [0, 0.05) is 37.1 Å². The zero-order chi connectivity index (χ0) is 25.9. The minimum atomic E-state index is -0.125. The maximum atomic E-state index is 10.0. The van der Waals surface area contributed by atoms with E-state index in [4.69, 9.17) is 9.52 Å². The number of ketones is 1. The molecular weight excluding hydrogens is 627 g/mol. The fourth-order valence-corrected chi connectivity index (χ4v) is 3.93. The van der Waals surface area contributed by atoms with Crippen LogP contribution in [-0.2, 0) is 30.3 Å². The van der Waals surface area contributed by atoms with Gasteiger partial charge in [-0.1, -0.05) is 51.0 Å². The number of nitrogens with zero attached hydrogens (tertiary/aromatic N) is 1. The predicted octanol–water partition coefficient (Wildman–Crippen LogP) is 8.22. The van der Waals surface area contributed by atoms with E-state index in [2.05, 4.69) is 95.1 Å². The summed E-state index contributed by atoms with van der Waals surface area (Å²) in [6, 6.07) is 18.6. The van der Waals surface area contributed by atoms with E-state index in [-0.39, 0.29) is 37.1 Å². The second-order valence-electron chi connectivity index (χ2n) is 10.2. The number of fused-ring (bicyclic) bond motifs is 1.